The Bertz CT molecular complexity index is 858. The van der Waals surface area contributed by atoms with Crippen LogP contribution in [0, 0.1) is 12.8 Å². The lowest BCUT2D eigenvalue weighted by molar-refractivity contribution is -0.131. The molecule has 0 aromatic carbocycles. The van der Waals surface area contributed by atoms with Crippen molar-refractivity contribution < 1.29 is 14.0 Å². The predicted octanol–water partition coefficient (Wildman–Crippen LogP) is 2.96. The molecule has 2 aliphatic heterocycles. The van der Waals surface area contributed by atoms with Crippen LogP contribution in [0.3, 0.4) is 0 Å². The van der Waals surface area contributed by atoms with Gasteiger partial charge in [-0.05, 0) is 50.3 Å². The first-order valence-electron chi connectivity index (χ1n) is 10.9. The molecule has 2 aliphatic rings. The van der Waals surface area contributed by atoms with Gasteiger partial charge in [0.2, 0.25) is 5.91 Å². The van der Waals surface area contributed by atoms with E-state index in [0.717, 1.165) is 63.4 Å². The van der Waals surface area contributed by atoms with Gasteiger partial charge in [0, 0.05) is 57.4 Å². The molecule has 7 nitrogen and oxygen atoms in total. The van der Waals surface area contributed by atoms with E-state index in [4.69, 9.17) is 4.42 Å². The number of hydrogen-bond donors (Lipinski definition) is 0. The second-order valence-electron chi connectivity index (χ2n) is 8.29. The number of piperazine rings is 1. The van der Waals surface area contributed by atoms with Crippen LogP contribution in [0.2, 0.25) is 0 Å². The monoisotopic (exact) mass is 410 g/mol. The zero-order valence-corrected chi connectivity index (χ0v) is 17.6. The van der Waals surface area contributed by atoms with Gasteiger partial charge < -0.3 is 19.1 Å². The summed E-state index contributed by atoms with van der Waals surface area (Å²) in [6, 6.07) is 7.74. The van der Waals surface area contributed by atoms with Crippen LogP contribution in [0.1, 0.15) is 41.8 Å². The number of carbonyl (C=O) groups excluding carboxylic acids is 2. The molecule has 2 fully saturated rings. The molecule has 2 amide bonds. The average Bonchev–Trinajstić information content (AvgIpc) is 3.23. The van der Waals surface area contributed by atoms with Crippen LogP contribution in [-0.4, -0.2) is 65.9 Å². The van der Waals surface area contributed by atoms with Gasteiger partial charge in [-0.15, -0.1) is 0 Å². The lowest BCUT2D eigenvalue weighted by Crippen LogP contribution is -2.49. The van der Waals surface area contributed by atoms with Crippen LogP contribution in [0.5, 0.6) is 0 Å². The number of carbonyl (C=O) groups is 2. The number of hydrogen-bond acceptors (Lipinski definition) is 5. The maximum absolute atomic E-state index is 12.7. The van der Waals surface area contributed by atoms with Crippen LogP contribution in [-0.2, 0) is 4.79 Å². The molecule has 160 valence electrons. The molecule has 0 unspecified atom stereocenters. The quantitative estimate of drug-likeness (QED) is 0.758. The number of anilines is 1. The van der Waals surface area contributed by atoms with Crippen molar-refractivity contribution in [3.05, 3.63) is 48.0 Å². The Labute approximate surface area is 177 Å². The number of nitrogens with zero attached hydrogens (tertiary/aromatic N) is 4. The second-order valence-corrected chi connectivity index (χ2v) is 8.29. The summed E-state index contributed by atoms with van der Waals surface area (Å²) in [5, 5.41) is 0. The topological polar surface area (TPSA) is 69.9 Å². The summed E-state index contributed by atoms with van der Waals surface area (Å²) in [7, 11) is 0. The smallest absolute Gasteiger partial charge is 0.289 e. The van der Waals surface area contributed by atoms with E-state index in [2.05, 4.69) is 9.88 Å². The number of piperidine rings is 1. The van der Waals surface area contributed by atoms with Crippen molar-refractivity contribution >= 4 is 17.6 Å². The highest BCUT2D eigenvalue weighted by molar-refractivity contribution is 5.92. The SMILES string of the molecule is Cc1ccoc1C(=O)N1CCC[C@@H](CCC(=O)N2CCN(c3ccccn3)CC2)C1. The van der Waals surface area contributed by atoms with E-state index in [1.165, 1.54) is 0 Å². The third-order valence-electron chi connectivity index (χ3n) is 6.23. The van der Waals surface area contributed by atoms with Gasteiger partial charge in [0.05, 0.1) is 6.26 Å². The number of aromatic nitrogens is 1. The van der Waals surface area contributed by atoms with Gasteiger partial charge in [-0.3, -0.25) is 9.59 Å². The Hall–Kier alpha value is -2.83. The van der Waals surface area contributed by atoms with Gasteiger partial charge in [0.15, 0.2) is 5.76 Å². The summed E-state index contributed by atoms with van der Waals surface area (Å²) in [6.45, 7) is 6.47. The van der Waals surface area contributed by atoms with Crippen molar-refractivity contribution in [3.63, 3.8) is 0 Å². The highest BCUT2D eigenvalue weighted by Crippen LogP contribution is 2.24. The molecule has 0 aliphatic carbocycles. The van der Waals surface area contributed by atoms with Gasteiger partial charge in [-0.1, -0.05) is 6.07 Å². The number of pyridine rings is 1. The lowest BCUT2D eigenvalue weighted by atomic mass is 9.93. The molecular formula is C23H30N4O3. The molecule has 7 heteroatoms. The third-order valence-corrected chi connectivity index (χ3v) is 6.23. The molecule has 0 bridgehead atoms. The van der Waals surface area contributed by atoms with E-state index >= 15 is 0 Å². The lowest BCUT2D eigenvalue weighted by Gasteiger charge is -2.36. The normalized spacial score (nSPS) is 19.8. The molecule has 0 radical (unpaired) electrons. The second kappa shape index (κ2) is 9.32. The van der Waals surface area contributed by atoms with Crippen molar-refractivity contribution in [2.75, 3.05) is 44.2 Å². The minimum Gasteiger partial charge on any atom is -0.459 e. The van der Waals surface area contributed by atoms with E-state index in [9.17, 15) is 9.59 Å². The molecule has 4 heterocycles. The van der Waals surface area contributed by atoms with Crippen LogP contribution < -0.4 is 4.90 Å². The largest absolute Gasteiger partial charge is 0.459 e. The van der Waals surface area contributed by atoms with Crippen LogP contribution in [0.25, 0.3) is 0 Å². The van der Waals surface area contributed by atoms with Crippen LogP contribution >= 0.6 is 0 Å². The number of aryl methyl sites for hydroxylation is 1. The molecule has 30 heavy (non-hydrogen) atoms. The summed E-state index contributed by atoms with van der Waals surface area (Å²) >= 11 is 0. The standard InChI is InChI=1S/C23H30N4O3/c1-18-9-16-30-22(18)23(29)27-11-4-5-19(17-27)7-8-21(28)26-14-12-25(13-15-26)20-6-2-3-10-24-20/h2-3,6,9-10,16,19H,4-5,7-8,11-15,17H2,1H3/t19-/m0/s1. The summed E-state index contributed by atoms with van der Waals surface area (Å²) in [5.41, 5.74) is 0.877. The summed E-state index contributed by atoms with van der Waals surface area (Å²) in [6.07, 6.45) is 6.81. The fourth-order valence-corrected chi connectivity index (χ4v) is 4.43. The Kier molecular flexibility index (Phi) is 6.35. The minimum absolute atomic E-state index is 0.0285. The molecule has 2 aromatic heterocycles. The van der Waals surface area contributed by atoms with Crippen molar-refractivity contribution in [3.8, 4) is 0 Å². The van der Waals surface area contributed by atoms with Gasteiger partial charge in [-0.25, -0.2) is 4.98 Å². The maximum atomic E-state index is 12.7. The Balaban J connectivity index is 1.23. The summed E-state index contributed by atoms with van der Waals surface area (Å²) in [4.78, 5) is 35.9. The maximum Gasteiger partial charge on any atom is 0.289 e. The summed E-state index contributed by atoms with van der Waals surface area (Å²) < 4.78 is 5.37. The average molecular weight is 411 g/mol. The minimum atomic E-state index is -0.0285. The highest BCUT2D eigenvalue weighted by Gasteiger charge is 2.28. The van der Waals surface area contributed by atoms with Gasteiger partial charge >= 0.3 is 0 Å². The van der Waals surface area contributed by atoms with Gasteiger partial charge in [0.1, 0.15) is 5.82 Å². The van der Waals surface area contributed by atoms with E-state index in [-0.39, 0.29) is 11.8 Å². The number of rotatable bonds is 5. The van der Waals surface area contributed by atoms with E-state index in [1.807, 2.05) is 41.0 Å². The number of likely N-dealkylation sites (tertiary alicyclic amines) is 1. The van der Waals surface area contributed by atoms with Crippen molar-refractivity contribution in [1.82, 2.24) is 14.8 Å². The van der Waals surface area contributed by atoms with Gasteiger partial charge in [-0.2, -0.15) is 0 Å². The zero-order valence-electron chi connectivity index (χ0n) is 17.6. The fraction of sp³-hybridized carbons (Fsp3) is 0.522. The van der Waals surface area contributed by atoms with E-state index < -0.39 is 0 Å². The highest BCUT2D eigenvalue weighted by atomic mass is 16.3. The zero-order chi connectivity index (χ0) is 20.9. The molecule has 2 saturated heterocycles. The third kappa shape index (κ3) is 4.66. The fourth-order valence-electron chi connectivity index (χ4n) is 4.43. The van der Waals surface area contributed by atoms with Crippen LogP contribution in [0.4, 0.5) is 5.82 Å². The first-order chi connectivity index (χ1) is 14.6. The van der Waals surface area contributed by atoms with Crippen molar-refractivity contribution in [2.24, 2.45) is 5.92 Å². The molecular weight excluding hydrogens is 380 g/mol. The Morgan fingerprint density at radius 3 is 2.63 bits per heavy atom. The number of amides is 2. The molecule has 0 spiro atoms. The Morgan fingerprint density at radius 1 is 1.10 bits per heavy atom. The molecule has 4 rings (SSSR count). The first-order valence-corrected chi connectivity index (χ1v) is 10.9. The molecule has 0 saturated carbocycles. The first kappa shape index (κ1) is 20.4. The van der Waals surface area contributed by atoms with Gasteiger partial charge in [0.25, 0.3) is 5.91 Å². The van der Waals surface area contributed by atoms with E-state index in [1.54, 1.807) is 12.5 Å². The molecule has 1 atom stereocenters. The number of furan rings is 1. The van der Waals surface area contributed by atoms with Crippen molar-refractivity contribution in [2.45, 2.75) is 32.6 Å². The summed E-state index contributed by atoms with van der Waals surface area (Å²) in [5.74, 6) is 1.98. The Morgan fingerprint density at radius 2 is 1.93 bits per heavy atom. The van der Waals surface area contributed by atoms with Crippen molar-refractivity contribution in [1.29, 1.82) is 0 Å². The molecule has 2 aromatic rings. The molecule has 0 N–H and O–H groups in total. The van der Waals surface area contributed by atoms with E-state index in [0.29, 0.717) is 24.6 Å². The predicted molar refractivity (Wildman–Crippen MR) is 114 cm³/mol. The van der Waals surface area contributed by atoms with Crippen LogP contribution in [0.15, 0.2) is 41.1 Å².